The molecule has 3 nitrogen and oxygen atoms in total. The topological polar surface area (TPSA) is 34.9 Å². The van der Waals surface area contributed by atoms with Crippen LogP contribution in [0.5, 0.6) is 0 Å². The van der Waals surface area contributed by atoms with E-state index in [0.717, 1.165) is 17.0 Å². The number of nitrogens with zero attached hydrogens (tertiary/aromatic N) is 2. The maximum atomic E-state index is 11.7. The molecule has 2 heterocycles. The van der Waals surface area contributed by atoms with Gasteiger partial charge in [-0.05, 0) is 30.5 Å². The first kappa shape index (κ1) is 10.8. The van der Waals surface area contributed by atoms with Crippen LogP contribution >= 0.6 is 11.3 Å². The van der Waals surface area contributed by atoms with Gasteiger partial charge in [0.25, 0.3) is 0 Å². The Morgan fingerprint density at radius 1 is 1.62 bits per heavy atom. The van der Waals surface area contributed by atoms with Crippen LogP contribution in [0.15, 0.2) is 36.0 Å². The minimum absolute atomic E-state index is 0.0410. The lowest BCUT2D eigenvalue weighted by Gasteiger charge is -1.89. The lowest BCUT2D eigenvalue weighted by Crippen LogP contribution is -1.92. The zero-order valence-corrected chi connectivity index (χ0v) is 9.78. The number of carbonyl (C=O) groups is 1. The number of carbonyl (C=O) groups excluding carboxylic acids is 1. The second-order valence-electron chi connectivity index (χ2n) is 3.30. The van der Waals surface area contributed by atoms with Crippen LogP contribution in [0.4, 0.5) is 0 Å². The van der Waals surface area contributed by atoms with Gasteiger partial charge < -0.3 is 0 Å². The quantitative estimate of drug-likeness (QED) is 0.600. The highest BCUT2D eigenvalue weighted by Gasteiger charge is 2.01. The van der Waals surface area contributed by atoms with Gasteiger partial charge in [-0.3, -0.25) is 9.48 Å². The van der Waals surface area contributed by atoms with E-state index in [1.807, 2.05) is 35.3 Å². The molecule has 0 aliphatic rings. The molecule has 0 aliphatic carbocycles. The van der Waals surface area contributed by atoms with E-state index in [1.165, 1.54) is 11.3 Å². The first-order valence-electron chi connectivity index (χ1n) is 5.08. The molecule has 0 unspecified atom stereocenters. The van der Waals surface area contributed by atoms with Crippen LogP contribution in [0.3, 0.4) is 0 Å². The Morgan fingerprint density at radius 2 is 2.50 bits per heavy atom. The van der Waals surface area contributed by atoms with E-state index in [4.69, 9.17) is 0 Å². The minimum Gasteiger partial charge on any atom is -0.288 e. The molecule has 2 aromatic rings. The number of aromatic nitrogens is 2. The van der Waals surface area contributed by atoms with Crippen LogP contribution in [0.1, 0.15) is 22.2 Å². The number of ketones is 1. The Labute approximate surface area is 98.0 Å². The van der Waals surface area contributed by atoms with Crippen molar-refractivity contribution in [2.45, 2.75) is 13.5 Å². The lowest BCUT2D eigenvalue weighted by atomic mass is 10.2. The highest BCUT2D eigenvalue weighted by atomic mass is 32.1. The van der Waals surface area contributed by atoms with Crippen LogP contribution in [0.25, 0.3) is 6.08 Å². The molecule has 2 aromatic heterocycles. The fourth-order valence-corrected chi connectivity index (χ4v) is 1.96. The summed E-state index contributed by atoms with van der Waals surface area (Å²) in [5.74, 6) is 0.0410. The highest BCUT2D eigenvalue weighted by Crippen LogP contribution is 2.11. The molecule has 0 bridgehead atoms. The molecule has 2 rings (SSSR count). The fourth-order valence-electron chi connectivity index (χ4n) is 1.31. The molecule has 82 valence electrons. The molecule has 0 amide bonds. The zero-order chi connectivity index (χ0) is 11.4. The van der Waals surface area contributed by atoms with Crippen molar-refractivity contribution in [1.29, 1.82) is 0 Å². The van der Waals surface area contributed by atoms with Crippen molar-refractivity contribution in [2.75, 3.05) is 0 Å². The molecule has 0 radical (unpaired) electrons. The van der Waals surface area contributed by atoms with E-state index in [2.05, 4.69) is 5.10 Å². The van der Waals surface area contributed by atoms with E-state index >= 15 is 0 Å². The normalized spacial score (nSPS) is 11.1. The summed E-state index contributed by atoms with van der Waals surface area (Å²) in [6.07, 6.45) is 7.05. The average molecular weight is 232 g/mol. The molecule has 0 saturated heterocycles. The molecular formula is C12H12N2OS. The third-order valence-corrected chi connectivity index (χ3v) is 3.05. The van der Waals surface area contributed by atoms with E-state index in [-0.39, 0.29) is 5.78 Å². The zero-order valence-electron chi connectivity index (χ0n) is 8.96. The summed E-state index contributed by atoms with van der Waals surface area (Å²) < 4.78 is 1.83. The molecule has 0 atom stereocenters. The summed E-state index contributed by atoms with van der Waals surface area (Å²) in [6, 6.07) is 3.70. The summed E-state index contributed by atoms with van der Waals surface area (Å²) in [6.45, 7) is 2.87. The molecule has 0 fully saturated rings. The summed E-state index contributed by atoms with van der Waals surface area (Å²) in [4.78, 5) is 12.4. The molecule has 0 N–H and O–H groups in total. The maximum absolute atomic E-state index is 11.7. The van der Waals surface area contributed by atoms with Crippen LogP contribution in [0, 0.1) is 0 Å². The largest absolute Gasteiger partial charge is 0.288 e. The third-order valence-electron chi connectivity index (χ3n) is 2.17. The standard InChI is InChI=1S/C12H12N2OS/c1-2-14-9-10(8-13-14)5-6-11(15)12-4-3-7-16-12/h3-9H,2H2,1H3/b6-5+. The van der Waals surface area contributed by atoms with Gasteiger partial charge in [0, 0.05) is 18.3 Å². The van der Waals surface area contributed by atoms with E-state index < -0.39 is 0 Å². The molecular weight excluding hydrogens is 220 g/mol. The first-order chi connectivity index (χ1) is 7.79. The van der Waals surface area contributed by atoms with Crippen LogP contribution in [-0.2, 0) is 6.54 Å². The lowest BCUT2D eigenvalue weighted by molar-refractivity contribution is 0.105. The predicted molar refractivity (Wildman–Crippen MR) is 65.6 cm³/mol. The number of aryl methyl sites for hydroxylation is 1. The van der Waals surface area contributed by atoms with Crippen molar-refractivity contribution in [3.8, 4) is 0 Å². The van der Waals surface area contributed by atoms with Crippen molar-refractivity contribution in [1.82, 2.24) is 9.78 Å². The molecule has 0 aliphatic heterocycles. The predicted octanol–water partition coefficient (Wildman–Crippen LogP) is 2.86. The Kier molecular flexibility index (Phi) is 3.31. The van der Waals surface area contributed by atoms with Crippen molar-refractivity contribution in [3.05, 3.63) is 46.4 Å². The van der Waals surface area contributed by atoms with Gasteiger partial charge in [0.15, 0.2) is 5.78 Å². The summed E-state index contributed by atoms with van der Waals surface area (Å²) in [5, 5.41) is 6.03. The SMILES string of the molecule is CCn1cc(/C=C/C(=O)c2cccs2)cn1. The van der Waals surface area contributed by atoms with Crippen molar-refractivity contribution in [3.63, 3.8) is 0 Å². The van der Waals surface area contributed by atoms with Crippen molar-refractivity contribution in [2.24, 2.45) is 0 Å². The Balaban J connectivity index is 2.07. The van der Waals surface area contributed by atoms with E-state index in [1.54, 1.807) is 18.3 Å². The molecule has 4 heteroatoms. The minimum atomic E-state index is 0.0410. The average Bonchev–Trinajstić information content (AvgIpc) is 2.96. The molecule has 0 spiro atoms. The summed E-state index contributed by atoms with van der Waals surface area (Å²) >= 11 is 1.45. The smallest absolute Gasteiger partial charge is 0.195 e. The van der Waals surface area contributed by atoms with Crippen molar-refractivity contribution >= 4 is 23.2 Å². The molecule has 0 saturated carbocycles. The third kappa shape index (κ3) is 2.46. The maximum Gasteiger partial charge on any atom is 0.195 e. The van der Waals surface area contributed by atoms with Gasteiger partial charge in [0.2, 0.25) is 0 Å². The second-order valence-corrected chi connectivity index (χ2v) is 4.25. The number of rotatable bonds is 4. The Hall–Kier alpha value is -1.68. The Morgan fingerprint density at radius 3 is 3.12 bits per heavy atom. The van der Waals surface area contributed by atoms with Gasteiger partial charge in [-0.25, -0.2) is 0 Å². The number of hydrogen-bond acceptors (Lipinski definition) is 3. The van der Waals surface area contributed by atoms with Gasteiger partial charge >= 0.3 is 0 Å². The molecule has 16 heavy (non-hydrogen) atoms. The first-order valence-corrected chi connectivity index (χ1v) is 5.96. The Bertz CT molecular complexity index is 497. The highest BCUT2D eigenvalue weighted by molar-refractivity contribution is 7.12. The summed E-state index contributed by atoms with van der Waals surface area (Å²) in [7, 11) is 0. The van der Waals surface area contributed by atoms with Gasteiger partial charge in [-0.1, -0.05) is 6.07 Å². The van der Waals surface area contributed by atoms with Crippen LogP contribution in [-0.4, -0.2) is 15.6 Å². The van der Waals surface area contributed by atoms with E-state index in [9.17, 15) is 4.79 Å². The number of allylic oxidation sites excluding steroid dienone is 1. The number of thiophene rings is 1. The van der Waals surface area contributed by atoms with Gasteiger partial charge in [0.05, 0.1) is 11.1 Å². The fraction of sp³-hybridized carbons (Fsp3) is 0.167. The van der Waals surface area contributed by atoms with E-state index in [0.29, 0.717) is 0 Å². The number of hydrogen-bond donors (Lipinski definition) is 0. The monoisotopic (exact) mass is 232 g/mol. The van der Waals surface area contributed by atoms with Gasteiger partial charge in [-0.15, -0.1) is 11.3 Å². The van der Waals surface area contributed by atoms with Gasteiger partial charge in [-0.2, -0.15) is 5.10 Å². The van der Waals surface area contributed by atoms with Gasteiger partial charge in [0.1, 0.15) is 0 Å². The summed E-state index contributed by atoms with van der Waals surface area (Å²) in [5.41, 5.74) is 0.951. The second kappa shape index (κ2) is 4.90. The van der Waals surface area contributed by atoms with Crippen molar-refractivity contribution < 1.29 is 4.79 Å². The van der Waals surface area contributed by atoms with Crippen LogP contribution < -0.4 is 0 Å². The van der Waals surface area contributed by atoms with Crippen LogP contribution in [0.2, 0.25) is 0 Å². The molecule has 0 aromatic carbocycles.